The summed E-state index contributed by atoms with van der Waals surface area (Å²) >= 11 is 0. The molecule has 0 fully saturated rings. The average molecular weight is 237 g/mol. The molecule has 0 aromatic carbocycles. The molecule has 6 nitrogen and oxygen atoms in total. The molecule has 1 rings (SSSR count). The molecule has 0 saturated heterocycles. The molecule has 0 atom stereocenters. The van der Waals surface area contributed by atoms with Crippen molar-refractivity contribution in [2.75, 3.05) is 6.54 Å². The van der Waals surface area contributed by atoms with Crippen molar-refractivity contribution in [2.24, 2.45) is 5.10 Å². The maximum absolute atomic E-state index is 11.2. The molecule has 1 aromatic rings. The van der Waals surface area contributed by atoms with Gasteiger partial charge in [0.05, 0.1) is 12.5 Å². The first-order valence-corrected chi connectivity index (χ1v) is 5.38. The van der Waals surface area contributed by atoms with E-state index >= 15 is 0 Å². The van der Waals surface area contributed by atoms with Gasteiger partial charge in [0.25, 0.3) is 0 Å². The highest BCUT2D eigenvalue weighted by Gasteiger charge is 2.10. The first-order chi connectivity index (χ1) is 8.24. The average Bonchev–Trinajstić information content (AvgIpc) is 2.82. The highest BCUT2D eigenvalue weighted by atomic mass is 16.3. The Morgan fingerprint density at radius 2 is 2.29 bits per heavy atom. The molecule has 0 aliphatic carbocycles. The summed E-state index contributed by atoms with van der Waals surface area (Å²) in [4.78, 5) is 22.4. The number of hydrazone groups is 1. The third-order valence-electron chi connectivity index (χ3n) is 1.92. The lowest BCUT2D eigenvalue weighted by molar-refractivity contribution is -0.139. The smallest absolute Gasteiger partial charge is 0.329 e. The van der Waals surface area contributed by atoms with E-state index in [1.54, 1.807) is 12.1 Å². The minimum atomic E-state index is -0.788. The van der Waals surface area contributed by atoms with Crippen molar-refractivity contribution in [2.45, 2.75) is 19.8 Å². The van der Waals surface area contributed by atoms with Gasteiger partial charge in [-0.05, 0) is 18.6 Å². The summed E-state index contributed by atoms with van der Waals surface area (Å²) in [6, 6.07) is 3.37. The van der Waals surface area contributed by atoms with Gasteiger partial charge in [0.1, 0.15) is 5.76 Å². The second-order valence-electron chi connectivity index (χ2n) is 3.32. The highest BCUT2D eigenvalue weighted by Crippen LogP contribution is 1.94. The Morgan fingerprint density at radius 1 is 1.47 bits per heavy atom. The zero-order chi connectivity index (χ0) is 12.5. The number of carbonyl (C=O) groups is 2. The van der Waals surface area contributed by atoms with E-state index in [-0.39, 0.29) is 0 Å². The van der Waals surface area contributed by atoms with Crippen LogP contribution in [0.1, 0.15) is 25.5 Å². The molecule has 0 saturated carbocycles. The monoisotopic (exact) mass is 237 g/mol. The van der Waals surface area contributed by atoms with E-state index in [2.05, 4.69) is 15.8 Å². The summed E-state index contributed by atoms with van der Waals surface area (Å²) in [5, 5.41) is 6.06. The van der Waals surface area contributed by atoms with Crippen LogP contribution in [0.4, 0.5) is 0 Å². The number of unbranched alkanes of at least 4 members (excludes halogenated alkanes) is 1. The van der Waals surface area contributed by atoms with E-state index in [0.29, 0.717) is 12.3 Å². The molecule has 0 spiro atoms. The van der Waals surface area contributed by atoms with Crippen LogP contribution < -0.4 is 10.7 Å². The van der Waals surface area contributed by atoms with E-state index in [0.717, 1.165) is 12.8 Å². The summed E-state index contributed by atoms with van der Waals surface area (Å²) in [6.45, 7) is 2.49. The normalized spacial score (nSPS) is 10.4. The lowest BCUT2D eigenvalue weighted by atomic mass is 10.3. The van der Waals surface area contributed by atoms with E-state index in [1.807, 2.05) is 6.92 Å². The van der Waals surface area contributed by atoms with Crippen LogP contribution in [0.5, 0.6) is 0 Å². The quantitative estimate of drug-likeness (QED) is 0.341. The summed E-state index contributed by atoms with van der Waals surface area (Å²) in [6.07, 6.45) is 4.60. The zero-order valence-electron chi connectivity index (χ0n) is 9.60. The fraction of sp³-hybridized carbons (Fsp3) is 0.364. The second kappa shape index (κ2) is 7.21. The molecule has 6 heteroatoms. The van der Waals surface area contributed by atoms with Crippen LogP contribution in [-0.2, 0) is 9.59 Å². The van der Waals surface area contributed by atoms with Crippen molar-refractivity contribution in [3.63, 3.8) is 0 Å². The Bertz CT molecular complexity index is 385. The van der Waals surface area contributed by atoms with E-state index in [9.17, 15) is 9.59 Å². The Morgan fingerprint density at radius 3 is 2.94 bits per heavy atom. The number of furan rings is 1. The standard InChI is InChI=1S/C11H15N3O3/c1-2-3-6-12-10(15)11(16)14-13-8-9-5-4-7-17-9/h4-5,7-8H,2-3,6H2,1H3,(H,12,15)(H,14,16). The Kier molecular flexibility index (Phi) is 5.50. The van der Waals surface area contributed by atoms with Crippen LogP contribution in [0.3, 0.4) is 0 Å². The van der Waals surface area contributed by atoms with Crippen LogP contribution in [0.2, 0.25) is 0 Å². The van der Waals surface area contributed by atoms with Gasteiger partial charge in [0.2, 0.25) is 0 Å². The SMILES string of the molecule is CCCCNC(=O)C(=O)NN=Cc1ccco1. The number of hydrogen-bond donors (Lipinski definition) is 2. The molecule has 0 aliphatic rings. The van der Waals surface area contributed by atoms with Crippen molar-refractivity contribution >= 4 is 18.0 Å². The first-order valence-electron chi connectivity index (χ1n) is 5.38. The molecule has 1 aromatic heterocycles. The predicted octanol–water partition coefficient (Wildman–Crippen LogP) is 0.646. The van der Waals surface area contributed by atoms with Crippen LogP contribution in [-0.4, -0.2) is 24.6 Å². The maximum Gasteiger partial charge on any atom is 0.329 e. The highest BCUT2D eigenvalue weighted by molar-refractivity contribution is 6.35. The van der Waals surface area contributed by atoms with Crippen molar-refractivity contribution in [3.05, 3.63) is 24.2 Å². The van der Waals surface area contributed by atoms with Crippen molar-refractivity contribution in [3.8, 4) is 0 Å². The summed E-state index contributed by atoms with van der Waals surface area (Å²) in [5.41, 5.74) is 2.11. The van der Waals surface area contributed by atoms with Gasteiger partial charge in [-0.1, -0.05) is 13.3 Å². The Labute approximate surface area is 99.1 Å². The lowest BCUT2D eigenvalue weighted by Crippen LogP contribution is -2.38. The Hall–Kier alpha value is -2.11. The van der Waals surface area contributed by atoms with Gasteiger partial charge in [-0.2, -0.15) is 5.10 Å². The van der Waals surface area contributed by atoms with Crippen LogP contribution in [0.25, 0.3) is 0 Å². The van der Waals surface area contributed by atoms with Crippen LogP contribution in [0, 0.1) is 0 Å². The molecule has 2 amide bonds. The summed E-state index contributed by atoms with van der Waals surface area (Å²) in [5.74, 6) is -0.976. The minimum Gasteiger partial charge on any atom is -0.463 e. The largest absolute Gasteiger partial charge is 0.463 e. The third kappa shape index (κ3) is 4.96. The number of nitrogens with one attached hydrogen (secondary N) is 2. The molecule has 92 valence electrons. The fourth-order valence-corrected chi connectivity index (χ4v) is 1.03. The van der Waals surface area contributed by atoms with Crippen molar-refractivity contribution in [1.82, 2.24) is 10.7 Å². The number of rotatable bonds is 5. The fourth-order valence-electron chi connectivity index (χ4n) is 1.03. The minimum absolute atomic E-state index is 0.491. The third-order valence-corrected chi connectivity index (χ3v) is 1.92. The van der Waals surface area contributed by atoms with Gasteiger partial charge >= 0.3 is 11.8 Å². The van der Waals surface area contributed by atoms with E-state index in [1.165, 1.54) is 12.5 Å². The summed E-state index contributed by atoms with van der Waals surface area (Å²) in [7, 11) is 0. The zero-order valence-corrected chi connectivity index (χ0v) is 9.60. The topological polar surface area (TPSA) is 83.7 Å². The second-order valence-corrected chi connectivity index (χ2v) is 3.32. The molecule has 17 heavy (non-hydrogen) atoms. The molecular weight excluding hydrogens is 222 g/mol. The van der Waals surface area contributed by atoms with Crippen molar-refractivity contribution in [1.29, 1.82) is 0 Å². The molecule has 0 aliphatic heterocycles. The number of nitrogens with zero attached hydrogens (tertiary/aromatic N) is 1. The van der Waals surface area contributed by atoms with Gasteiger partial charge in [-0.15, -0.1) is 0 Å². The van der Waals surface area contributed by atoms with Gasteiger partial charge < -0.3 is 9.73 Å². The van der Waals surface area contributed by atoms with Crippen molar-refractivity contribution < 1.29 is 14.0 Å². The number of amides is 2. The Balaban J connectivity index is 2.27. The molecule has 0 radical (unpaired) electrons. The van der Waals surface area contributed by atoms with Gasteiger partial charge in [0, 0.05) is 6.54 Å². The maximum atomic E-state index is 11.2. The van der Waals surface area contributed by atoms with Gasteiger partial charge in [-0.3, -0.25) is 9.59 Å². The van der Waals surface area contributed by atoms with Crippen LogP contribution >= 0.6 is 0 Å². The van der Waals surface area contributed by atoms with E-state index < -0.39 is 11.8 Å². The number of carbonyl (C=O) groups excluding carboxylic acids is 2. The lowest BCUT2D eigenvalue weighted by Gasteiger charge is -2.01. The molecule has 0 bridgehead atoms. The molecule has 1 heterocycles. The van der Waals surface area contributed by atoms with E-state index in [4.69, 9.17) is 4.42 Å². The van der Waals surface area contributed by atoms with Gasteiger partial charge in [-0.25, -0.2) is 5.43 Å². The predicted molar refractivity (Wildman–Crippen MR) is 62.4 cm³/mol. The first kappa shape index (κ1) is 13.0. The molecular formula is C11H15N3O3. The summed E-state index contributed by atoms with van der Waals surface area (Å²) < 4.78 is 4.95. The van der Waals surface area contributed by atoms with Gasteiger partial charge in [0.15, 0.2) is 0 Å². The number of hydrogen-bond acceptors (Lipinski definition) is 4. The molecule has 0 unspecified atom stereocenters. The molecule has 2 N–H and O–H groups in total. The van der Waals surface area contributed by atoms with Crippen LogP contribution in [0.15, 0.2) is 27.9 Å².